The lowest BCUT2D eigenvalue weighted by Gasteiger charge is -2.44. The monoisotopic (exact) mass is 470 g/mol. The lowest BCUT2D eigenvalue weighted by Crippen LogP contribution is -2.60. The van der Waals surface area contributed by atoms with Crippen molar-refractivity contribution in [2.24, 2.45) is 0 Å². The van der Waals surface area contributed by atoms with Crippen LogP contribution >= 0.6 is 23.2 Å². The van der Waals surface area contributed by atoms with Crippen LogP contribution in [0.2, 0.25) is 10.2 Å². The molecule has 2 aromatic heterocycles. The number of aromatic nitrogens is 2. The van der Waals surface area contributed by atoms with Crippen molar-refractivity contribution in [1.82, 2.24) is 14.7 Å². The highest BCUT2D eigenvalue weighted by molar-refractivity contribution is 7.89. The van der Waals surface area contributed by atoms with Gasteiger partial charge in [-0.05, 0) is 13.0 Å². The number of nitrogens with zero attached hydrogens (tertiary/aromatic N) is 2. The molecular formula is C16H15Cl2F3N4O3S. The van der Waals surface area contributed by atoms with Crippen LogP contribution in [-0.2, 0) is 10.0 Å². The summed E-state index contributed by atoms with van der Waals surface area (Å²) >= 11 is 11.7. The minimum atomic E-state index is -4.30. The van der Waals surface area contributed by atoms with Crippen molar-refractivity contribution in [2.75, 3.05) is 11.9 Å². The smallest absolute Gasteiger partial charge is 0.276 e. The molecule has 13 heteroatoms. The Bertz CT molecular complexity index is 1080. The third kappa shape index (κ3) is 4.09. The van der Waals surface area contributed by atoms with E-state index in [9.17, 15) is 26.4 Å². The summed E-state index contributed by atoms with van der Waals surface area (Å²) < 4.78 is 67.8. The van der Waals surface area contributed by atoms with E-state index in [0.717, 1.165) is 11.1 Å². The van der Waals surface area contributed by atoms with Gasteiger partial charge in [-0.25, -0.2) is 31.3 Å². The van der Waals surface area contributed by atoms with E-state index in [1.165, 1.54) is 26.2 Å². The van der Waals surface area contributed by atoms with Gasteiger partial charge >= 0.3 is 0 Å². The summed E-state index contributed by atoms with van der Waals surface area (Å²) in [5.74, 6) is -4.74. The van der Waals surface area contributed by atoms with E-state index in [0.29, 0.717) is 0 Å². The summed E-state index contributed by atoms with van der Waals surface area (Å²) in [6.45, 7) is 1.35. The van der Waals surface area contributed by atoms with Gasteiger partial charge in [0.15, 0.2) is 11.0 Å². The first-order valence-electron chi connectivity index (χ1n) is 8.13. The van der Waals surface area contributed by atoms with Gasteiger partial charge in [-0.3, -0.25) is 4.79 Å². The van der Waals surface area contributed by atoms with Crippen LogP contribution in [0.15, 0.2) is 23.4 Å². The molecule has 3 rings (SSSR count). The van der Waals surface area contributed by atoms with Gasteiger partial charge in [0, 0.05) is 37.8 Å². The summed E-state index contributed by atoms with van der Waals surface area (Å²) in [7, 11) is -3.07. The van der Waals surface area contributed by atoms with Gasteiger partial charge in [-0.1, -0.05) is 23.2 Å². The van der Waals surface area contributed by atoms with Crippen molar-refractivity contribution < 1.29 is 26.4 Å². The summed E-state index contributed by atoms with van der Waals surface area (Å²) in [5, 5.41) is -0.901. The number of anilines is 1. The van der Waals surface area contributed by atoms with Crippen LogP contribution < -0.4 is 9.62 Å². The third-order valence-electron chi connectivity index (χ3n) is 4.46. The molecule has 0 aliphatic heterocycles. The fourth-order valence-corrected chi connectivity index (χ4v) is 5.33. The van der Waals surface area contributed by atoms with Gasteiger partial charge in [-0.15, -0.1) is 0 Å². The number of hydrogen-bond donors (Lipinski definition) is 2. The first-order chi connectivity index (χ1) is 13.3. The molecule has 0 radical (unpaired) electrons. The topological polar surface area (TPSA) is 95.2 Å². The molecule has 1 saturated carbocycles. The average Bonchev–Trinajstić information content (AvgIpc) is 2.95. The van der Waals surface area contributed by atoms with Crippen LogP contribution in [0.1, 0.15) is 30.3 Å². The molecule has 2 N–H and O–H groups in total. The number of amides is 1. The van der Waals surface area contributed by atoms with Gasteiger partial charge in [0.05, 0.1) is 10.7 Å². The molecule has 1 aliphatic carbocycles. The number of alkyl halides is 2. The molecule has 0 bridgehead atoms. The van der Waals surface area contributed by atoms with Gasteiger partial charge in [0.1, 0.15) is 10.6 Å². The molecular weight excluding hydrogens is 456 g/mol. The number of carbonyl (C=O) groups is 1. The average molecular weight is 471 g/mol. The van der Waals surface area contributed by atoms with Crippen molar-refractivity contribution in [3.63, 3.8) is 0 Å². The number of rotatable bonds is 5. The van der Waals surface area contributed by atoms with Crippen molar-refractivity contribution in [3.8, 4) is 0 Å². The van der Waals surface area contributed by atoms with Gasteiger partial charge in [0.2, 0.25) is 10.0 Å². The van der Waals surface area contributed by atoms with Crippen molar-refractivity contribution in [2.45, 2.75) is 36.1 Å². The Labute approximate surface area is 174 Å². The molecule has 0 unspecified atom stereocenters. The van der Waals surface area contributed by atoms with Crippen molar-refractivity contribution in [3.05, 3.63) is 40.1 Å². The number of sulfonamides is 1. The fraction of sp³-hybridized carbons (Fsp3) is 0.375. The minimum Gasteiger partial charge on any atom is -0.355 e. The Kier molecular flexibility index (Phi) is 5.39. The zero-order valence-electron chi connectivity index (χ0n) is 15.1. The van der Waals surface area contributed by atoms with Crippen LogP contribution in [0.3, 0.4) is 0 Å². The Balaban J connectivity index is 1.87. The largest absolute Gasteiger partial charge is 0.355 e. The zero-order valence-corrected chi connectivity index (χ0v) is 17.4. The Morgan fingerprint density at radius 1 is 1.34 bits per heavy atom. The SMILES string of the molecule is CN(C(=O)c1[nH]cc(S(=O)(=O)NC2(C)CC(F)(F)C2)c1Cl)c1ccnc(Cl)c1F. The number of H-pyrrole nitrogens is 1. The maximum atomic E-state index is 14.1. The first kappa shape index (κ1) is 21.9. The molecule has 0 aromatic carbocycles. The van der Waals surface area contributed by atoms with Crippen LogP contribution in [0.25, 0.3) is 0 Å². The molecule has 158 valence electrons. The molecule has 1 amide bonds. The van der Waals surface area contributed by atoms with Crippen LogP contribution in [-0.4, -0.2) is 42.8 Å². The molecule has 1 fully saturated rings. The van der Waals surface area contributed by atoms with E-state index in [2.05, 4.69) is 14.7 Å². The molecule has 2 aromatic rings. The summed E-state index contributed by atoms with van der Waals surface area (Å²) in [6.07, 6.45) is 0.841. The molecule has 1 aliphatic rings. The predicted octanol–water partition coefficient (Wildman–Crippen LogP) is 3.60. The molecule has 0 spiro atoms. The van der Waals surface area contributed by atoms with Gasteiger partial charge in [-0.2, -0.15) is 0 Å². The molecule has 29 heavy (non-hydrogen) atoms. The highest BCUT2D eigenvalue weighted by Gasteiger charge is 2.55. The van der Waals surface area contributed by atoms with Crippen LogP contribution in [0, 0.1) is 5.82 Å². The van der Waals surface area contributed by atoms with Crippen molar-refractivity contribution >= 4 is 44.8 Å². The minimum absolute atomic E-state index is 0.201. The fourth-order valence-electron chi connectivity index (χ4n) is 3.23. The zero-order chi connectivity index (χ0) is 21.8. The van der Waals surface area contributed by atoms with Crippen LogP contribution in [0.4, 0.5) is 18.9 Å². The van der Waals surface area contributed by atoms with Gasteiger partial charge < -0.3 is 9.88 Å². The number of halogens is 5. The van der Waals surface area contributed by atoms with Crippen LogP contribution in [0.5, 0.6) is 0 Å². The first-order valence-corrected chi connectivity index (χ1v) is 10.4. The van der Waals surface area contributed by atoms with Crippen molar-refractivity contribution in [1.29, 1.82) is 0 Å². The summed E-state index contributed by atoms with van der Waals surface area (Å²) in [4.78, 5) is 19.0. The summed E-state index contributed by atoms with van der Waals surface area (Å²) in [5.41, 5.74) is -1.86. The third-order valence-corrected chi connectivity index (χ3v) is 6.89. The second-order valence-electron chi connectivity index (χ2n) is 7.02. The molecule has 0 saturated heterocycles. The Morgan fingerprint density at radius 3 is 2.55 bits per heavy atom. The lowest BCUT2D eigenvalue weighted by molar-refractivity contribution is -0.121. The highest BCUT2D eigenvalue weighted by atomic mass is 35.5. The van der Waals surface area contributed by atoms with E-state index in [1.54, 1.807) is 0 Å². The second kappa shape index (κ2) is 7.15. The second-order valence-corrected chi connectivity index (χ2v) is 9.40. The standard InChI is InChI=1S/C16H15Cl2F3N4O3S/c1-15(6-16(20,21)7-15)24-29(27,28)9-5-23-12(10(9)17)14(26)25(2)8-3-4-22-13(18)11(8)19/h3-5,23-24H,6-7H2,1-2H3. The van der Waals surface area contributed by atoms with E-state index in [4.69, 9.17) is 23.2 Å². The lowest BCUT2D eigenvalue weighted by atomic mass is 9.76. The number of pyridine rings is 1. The van der Waals surface area contributed by atoms with E-state index in [1.807, 2.05) is 0 Å². The summed E-state index contributed by atoms with van der Waals surface area (Å²) in [6, 6.07) is 1.20. The maximum Gasteiger partial charge on any atom is 0.276 e. The predicted molar refractivity (Wildman–Crippen MR) is 101 cm³/mol. The number of aromatic amines is 1. The molecule has 7 nitrogen and oxygen atoms in total. The molecule has 0 atom stereocenters. The van der Waals surface area contributed by atoms with E-state index >= 15 is 0 Å². The Hall–Kier alpha value is -1.82. The number of carbonyl (C=O) groups excluding carboxylic acids is 1. The number of hydrogen-bond acceptors (Lipinski definition) is 4. The molecule has 2 heterocycles. The van der Waals surface area contributed by atoms with E-state index in [-0.39, 0.29) is 11.4 Å². The van der Waals surface area contributed by atoms with Gasteiger partial charge in [0.25, 0.3) is 11.8 Å². The highest BCUT2D eigenvalue weighted by Crippen LogP contribution is 2.46. The normalized spacial score (nSPS) is 17.6. The quantitative estimate of drug-likeness (QED) is 0.652. The van der Waals surface area contributed by atoms with E-state index < -0.39 is 61.1 Å². The maximum absolute atomic E-state index is 14.1. The Morgan fingerprint density at radius 2 is 1.97 bits per heavy atom. The number of nitrogens with one attached hydrogen (secondary N) is 2.